The van der Waals surface area contributed by atoms with Crippen LogP contribution in [-0.4, -0.2) is 15.9 Å². The summed E-state index contributed by atoms with van der Waals surface area (Å²) in [4.78, 5) is 19.0. The summed E-state index contributed by atoms with van der Waals surface area (Å²) in [7, 11) is -2.68. The Kier molecular flexibility index (Phi) is 1.50. The number of fused-ring (bicyclic) bond motifs is 1. The first kappa shape index (κ1) is 7.23. The highest BCUT2D eigenvalue weighted by Gasteiger charge is 2.43. The van der Waals surface area contributed by atoms with E-state index >= 15 is 0 Å². The SMILES string of the molecule is O[P+]1(O)CCc2ccccc21. The van der Waals surface area contributed by atoms with Gasteiger partial charge in [0.15, 0.2) is 5.30 Å². The van der Waals surface area contributed by atoms with Crippen LogP contribution in [0.5, 0.6) is 0 Å². The van der Waals surface area contributed by atoms with Gasteiger partial charge in [0.05, 0.1) is 0 Å². The van der Waals surface area contributed by atoms with E-state index < -0.39 is 7.72 Å². The molecule has 1 aliphatic heterocycles. The first-order chi connectivity index (χ1) is 5.20. The van der Waals surface area contributed by atoms with Gasteiger partial charge in [0.25, 0.3) is 7.72 Å². The monoisotopic (exact) mass is 169 g/mol. The van der Waals surface area contributed by atoms with Crippen molar-refractivity contribution < 1.29 is 9.79 Å². The predicted molar refractivity (Wildman–Crippen MR) is 46.0 cm³/mol. The van der Waals surface area contributed by atoms with E-state index in [1.165, 1.54) is 0 Å². The van der Waals surface area contributed by atoms with Crippen molar-refractivity contribution in [1.82, 2.24) is 0 Å². The molecule has 0 fully saturated rings. The van der Waals surface area contributed by atoms with E-state index in [1.54, 1.807) is 0 Å². The Bertz CT molecular complexity index is 283. The average Bonchev–Trinajstić information content (AvgIpc) is 2.29. The van der Waals surface area contributed by atoms with Crippen LogP contribution in [0.25, 0.3) is 0 Å². The summed E-state index contributed by atoms with van der Waals surface area (Å²) in [5.41, 5.74) is 1.10. The van der Waals surface area contributed by atoms with Crippen molar-refractivity contribution in [3.05, 3.63) is 29.8 Å². The summed E-state index contributed by atoms with van der Waals surface area (Å²) in [6, 6.07) is 7.56. The molecule has 3 heteroatoms. The second-order valence-electron chi connectivity index (χ2n) is 2.83. The second kappa shape index (κ2) is 2.28. The fourth-order valence-corrected chi connectivity index (χ4v) is 3.23. The molecule has 1 aliphatic rings. The Morgan fingerprint density at radius 1 is 1.18 bits per heavy atom. The molecule has 0 unspecified atom stereocenters. The molecular formula is C8H10O2P+. The zero-order valence-electron chi connectivity index (χ0n) is 6.07. The Labute approximate surface area is 66.0 Å². The van der Waals surface area contributed by atoms with Crippen molar-refractivity contribution in [3.63, 3.8) is 0 Å². The molecule has 0 amide bonds. The van der Waals surface area contributed by atoms with Crippen molar-refractivity contribution in [3.8, 4) is 0 Å². The standard InChI is InChI=1S/C8H10O2P/c9-11(10)6-5-7-3-1-2-4-8(7)11/h1-4,9-10H,5-6H2/q+1. The van der Waals surface area contributed by atoms with E-state index in [0.717, 1.165) is 17.3 Å². The Morgan fingerprint density at radius 2 is 1.91 bits per heavy atom. The summed E-state index contributed by atoms with van der Waals surface area (Å²) >= 11 is 0. The van der Waals surface area contributed by atoms with Gasteiger partial charge in [0.1, 0.15) is 6.16 Å². The van der Waals surface area contributed by atoms with Crippen LogP contribution in [0, 0.1) is 0 Å². The van der Waals surface area contributed by atoms with Gasteiger partial charge in [-0.05, 0) is 6.07 Å². The van der Waals surface area contributed by atoms with Crippen molar-refractivity contribution in [2.45, 2.75) is 6.42 Å². The molecule has 0 radical (unpaired) electrons. The first-order valence-electron chi connectivity index (χ1n) is 3.62. The van der Waals surface area contributed by atoms with Gasteiger partial charge in [-0.2, -0.15) is 0 Å². The number of benzene rings is 1. The van der Waals surface area contributed by atoms with E-state index in [4.69, 9.17) is 0 Å². The highest BCUT2D eigenvalue weighted by Crippen LogP contribution is 2.53. The number of hydrogen-bond donors (Lipinski definition) is 2. The smallest absolute Gasteiger partial charge is 0.215 e. The maximum absolute atomic E-state index is 9.51. The van der Waals surface area contributed by atoms with Gasteiger partial charge in [-0.25, -0.2) is 9.79 Å². The van der Waals surface area contributed by atoms with E-state index in [0.29, 0.717) is 6.16 Å². The highest BCUT2D eigenvalue weighted by atomic mass is 31.2. The van der Waals surface area contributed by atoms with E-state index in [9.17, 15) is 9.79 Å². The molecule has 58 valence electrons. The summed E-state index contributed by atoms with van der Waals surface area (Å²) in [6.45, 7) is 0. The fraction of sp³-hybridized carbons (Fsp3) is 0.250. The minimum atomic E-state index is -2.68. The van der Waals surface area contributed by atoms with E-state index in [1.807, 2.05) is 24.3 Å². The van der Waals surface area contributed by atoms with Crippen molar-refractivity contribution in [2.24, 2.45) is 0 Å². The maximum atomic E-state index is 9.51. The summed E-state index contributed by atoms with van der Waals surface area (Å²) < 4.78 is 0. The maximum Gasteiger partial charge on any atom is 0.300 e. The minimum Gasteiger partial charge on any atom is -0.215 e. The van der Waals surface area contributed by atoms with Crippen molar-refractivity contribution in [2.75, 3.05) is 6.16 Å². The van der Waals surface area contributed by atoms with Crippen LogP contribution in [-0.2, 0) is 6.42 Å². The van der Waals surface area contributed by atoms with Crippen molar-refractivity contribution >= 4 is 13.0 Å². The van der Waals surface area contributed by atoms with Gasteiger partial charge in [-0.1, -0.05) is 18.2 Å². The average molecular weight is 169 g/mol. The van der Waals surface area contributed by atoms with Crippen molar-refractivity contribution in [1.29, 1.82) is 0 Å². The topological polar surface area (TPSA) is 40.5 Å². The first-order valence-corrected chi connectivity index (χ1v) is 5.50. The molecule has 1 heterocycles. The quantitative estimate of drug-likeness (QED) is 0.561. The van der Waals surface area contributed by atoms with Gasteiger partial charge in [0.2, 0.25) is 0 Å². The number of hydrogen-bond acceptors (Lipinski definition) is 2. The van der Waals surface area contributed by atoms with Gasteiger partial charge in [-0.3, -0.25) is 0 Å². The lowest BCUT2D eigenvalue weighted by Gasteiger charge is -2.03. The molecular weight excluding hydrogens is 159 g/mol. The number of aryl methyl sites for hydroxylation is 1. The molecule has 0 aromatic heterocycles. The molecule has 2 nitrogen and oxygen atoms in total. The minimum absolute atomic E-state index is 0.534. The highest BCUT2D eigenvalue weighted by molar-refractivity contribution is 7.72. The van der Waals surface area contributed by atoms with Gasteiger partial charge >= 0.3 is 0 Å². The normalized spacial score (nSPS) is 19.8. The molecule has 0 spiro atoms. The molecule has 0 atom stereocenters. The van der Waals surface area contributed by atoms with Crippen LogP contribution in [0.2, 0.25) is 0 Å². The summed E-state index contributed by atoms with van der Waals surface area (Å²) in [5, 5.41) is 0.778. The summed E-state index contributed by atoms with van der Waals surface area (Å²) in [6.07, 6.45) is 1.35. The largest absolute Gasteiger partial charge is 0.300 e. The Balaban J connectivity index is 2.56. The van der Waals surface area contributed by atoms with Gasteiger partial charge in [0, 0.05) is 12.0 Å². The fourth-order valence-electron chi connectivity index (χ4n) is 1.47. The zero-order chi connectivity index (χ0) is 7.90. The third-order valence-electron chi connectivity index (χ3n) is 2.07. The molecule has 1 aromatic rings. The second-order valence-corrected chi connectivity index (χ2v) is 5.22. The van der Waals surface area contributed by atoms with Crippen LogP contribution in [0.4, 0.5) is 0 Å². The van der Waals surface area contributed by atoms with Gasteiger partial charge in [-0.15, -0.1) is 0 Å². The molecule has 0 bridgehead atoms. The molecule has 2 rings (SSSR count). The molecule has 0 aliphatic carbocycles. The molecule has 0 saturated carbocycles. The lowest BCUT2D eigenvalue weighted by atomic mass is 10.2. The van der Waals surface area contributed by atoms with Gasteiger partial charge < -0.3 is 0 Å². The summed E-state index contributed by atoms with van der Waals surface area (Å²) in [5.74, 6) is 0. The van der Waals surface area contributed by atoms with E-state index in [2.05, 4.69) is 0 Å². The zero-order valence-corrected chi connectivity index (χ0v) is 6.96. The Hall–Kier alpha value is -0.430. The van der Waals surface area contributed by atoms with Crippen LogP contribution in [0.1, 0.15) is 5.56 Å². The molecule has 11 heavy (non-hydrogen) atoms. The van der Waals surface area contributed by atoms with Crippen LogP contribution < -0.4 is 5.30 Å². The lowest BCUT2D eigenvalue weighted by Crippen LogP contribution is -2.07. The van der Waals surface area contributed by atoms with Crippen LogP contribution in [0.15, 0.2) is 24.3 Å². The lowest BCUT2D eigenvalue weighted by molar-refractivity contribution is 0.468. The molecule has 1 aromatic carbocycles. The molecule has 2 N–H and O–H groups in total. The Morgan fingerprint density at radius 3 is 2.64 bits per heavy atom. The van der Waals surface area contributed by atoms with Crippen LogP contribution >= 0.6 is 7.72 Å². The number of rotatable bonds is 0. The third-order valence-corrected chi connectivity index (χ3v) is 4.13. The predicted octanol–water partition coefficient (Wildman–Crippen LogP) is 0.700. The van der Waals surface area contributed by atoms with Crippen LogP contribution in [0.3, 0.4) is 0 Å². The third kappa shape index (κ3) is 1.08. The molecule has 0 saturated heterocycles. The van der Waals surface area contributed by atoms with E-state index in [-0.39, 0.29) is 0 Å².